The van der Waals surface area contributed by atoms with Gasteiger partial charge in [0.05, 0.1) is 27.3 Å². The number of carbonyl (C=O) groups is 3. The minimum Gasteiger partial charge on any atom is -0.338 e. The van der Waals surface area contributed by atoms with Crippen LogP contribution in [-0.4, -0.2) is 29.0 Å². The van der Waals surface area contributed by atoms with Crippen LogP contribution in [0.2, 0.25) is 10.0 Å². The van der Waals surface area contributed by atoms with Crippen molar-refractivity contribution in [1.82, 2.24) is 5.06 Å². The normalized spacial score (nSPS) is 14.1. The number of halogens is 2. The van der Waals surface area contributed by atoms with Crippen molar-refractivity contribution in [2.24, 2.45) is 0 Å². The Morgan fingerprint density at radius 1 is 1.09 bits per heavy atom. The van der Waals surface area contributed by atoms with Gasteiger partial charge in [-0.15, -0.1) is 11.3 Å². The molecule has 1 aromatic heterocycles. The number of nitrogens with zero attached hydrogens (tertiary/aromatic N) is 1. The van der Waals surface area contributed by atoms with Crippen LogP contribution in [0.1, 0.15) is 74.0 Å². The predicted octanol–water partition coefficient (Wildman–Crippen LogP) is 7.08. The fraction of sp³-hybridized carbons (Fsp3) is 0.435. The third kappa shape index (κ3) is 6.40. The van der Waals surface area contributed by atoms with Gasteiger partial charge in [-0.25, -0.2) is 4.79 Å². The van der Waals surface area contributed by atoms with E-state index in [1.807, 2.05) is 13.8 Å². The summed E-state index contributed by atoms with van der Waals surface area (Å²) in [4.78, 5) is 44.3. The summed E-state index contributed by atoms with van der Waals surface area (Å²) in [6, 6.07) is 5.86. The Bertz CT molecular complexity index is 1010. The maximum absolute atomic E-state index is 13.5. The molecule has 1 aliphatic carbocycles. The molecule has 0 radical (unpaired) electrons. The van der Waals surface area contributed by atoms with E-state index < -0.39 is 17.9 Å². The highest BCUT2D eigenvalue weighted by Crippen LogP contribution is 2.36. The van der Waals surface area contributed by atoms with E-state index in [1.165, 1.54) is 23.3 Å². The Hall–Kier alpha value is -2.29. The van der Waals surface area contributed by atoms with Gasteiger partial charge in [0.25, 0.3) is 5.91 Å². The first kappa shape index (κ1) is 25.3. The largest absolute Gasteiger partial charge is 0.338 e. The lowest BCUT2D eigenvalue weighted by molar-refractivity contribution is -0.185. The molecule has 0 unspecified atom stereocenters. The lowest BCUT2D eigenvalue weighted by atomic mass is 9.95. The van der Waals surface area contributed by atoms with Crippen molar-refractivity contribution in [2.75, 3.05) is 10.6 Å². The SMILES string of the molecule is CC(=O)ON(C(=O)c1cc(C(C)C)sc1NC(=O)Nc1c(Cl)cccc1Cl)C1CCCCC1. The summed E-state index contributed by atoms with van der Waals surface area (Å²) in [5, 5.41) is 7.51. The molecular formula is C23H27Cl2N3O4S. The summed E-state index contributed by atoms with van der Waals surface area (Å²) in [6.45, 7) is 5.27. The van der Waals surface area contributed by atoms with Crippen molar-refractivity contribution in [3.8, 4) is 0 Å². The van der Waals surface area contributed by atoms with Crippen molar-refractivity contribution < 1.29 is 19.2 Å². The van der Waals surface area contributed by atoms with Crippen molar-refractivity contribution in [1.29, 1.82) is 0 Å². The molecule has 1 heterocycles. The van der Waals surface area contributed by atoms with Crippen LogP contribution in [0, 0.1) is 0 Å². The summed E-state index contributed by atoms with van der Waals surface area (Å²) < 4.78 is 0. The highest BCUT2D eigenvalue weighted by Gasteiger charge is 2.32. The van der Waals surface area contributed by atoms with Gasteiger partial charge in [-0.3, -0.25) is 14.9 Å². The van der Waals surface area contributed by atoms with E-state index in [9.17, 15) is 14.4 Å². The monoisotopic (exact) mass is 511 g/mol. The molecule has 7 nitrogen and oxygen atoms in total. The minimum absolute atomic E-state index is 0.134. The third-order valence-electron chi connectivity index (χ3n) is 5.31. The third-order valence-corrected chi connectivity index (χ3v) is 7.29. The van der Waals surface area contributed by atoms with Crippen LogP contribution in [0.15, 0.2) is 24.3 Å². The van der Waals surface area contributed by atoms with Gasteiger partial charge < -0.3 is 10.2 Å². The number of para-hydroxylation sites is 1. The van der Waals surface area contributed by atoms with Crippen LogP contribution in [0.25, 0.3) is 0 Å². The summed E-state index contributed by atoms with van der Waals surface area (Å²) in [5.41, 5.74) is 0.548. The molecule has 0 saturated heterocycles. The second-order valence-corrected chi connectivity index (χ2v) is 10.1. The Labute approximate surface area is 207 Å². The first-order valence-electron chi connectivity index (χ1n) is 10.8. The van der Waals surface area contributed by atoms with Crippen LogP contribution >= 0.6 is 34.5 Å². The average Bonchev–Trinajstić information content (AvgIpc) is 3.19. The van der Waals surface area contributed by atoms with E-state index in [0.717, 1.165) is 37.0 Å². The standard InChI is InChI=1S/C23H27Cl2N3O4S/c1-13(2)19-12-16(22(30)28(32-14(3)29)15-8-5-4-6-9-15)21(33-19)27-23(31)26-20-17(24)10-7-11-18(20)25/h7,10-13,15H,4-6,8-9H2,1-3H3,(H2,26,27,31). The predicted molar refractivity (Wildman–Crippen MR) is 132 cm³/mol. The van der Waals surface area contributed by atoms with Crippen molar-refractivity contribution in [3.63, 3.8) is 0 Å². The van der Waals surface area contributed by atoms with Crippen molar-refractivity contribution in [3.05, 3.63) is 44.8 Å². The van der Waals surface area contributed by atoms with Gasteiger partial charge in [0, 0.05) is 11.8 Å². The van der Waals surface area contributed by atoms with Gasteiger partial charge in [-0.05, 0) is 37.0 Å². The first-order chi connectivity index (χ1) is 15.7. The lowest BCUT2D eigenvalue weighted by Crippen LogP contribution is -2.42. The van der Waals surface area contributed by atoms with Gasteiger partial charge in [-0.1, -0.05) is 62.4 Å². The molecule has 0 bridgehead atoms. The quantitative estimate of drug-likeness (QED) is 0.419. The molecule has 0 aliphatic heterocycles. The number of nitrogens with one attached hydrogen (secondary N) is 2. The maximum atomic E-state index is 13.5. The van der Waals surface area contributed by atoms with Gasteiger partial charge >= 0.3 is 12.0 Å². The van der Waals surface area contributed by atoms with Crippen LogP contribution in [0.3, 0.4) is 0 Å². The van der Waals surface area contributed by atoms with E-state index in [1.54, 1.807) is 24.3 Å². The second-order valence-electron chi connectivity index (χ2n) is 8.23. The zero-order chi connectivity index (χ0) is 24.1. The Morgan fingerprint density at radius 2 is 1.73 bits per heavy atom. The number of thiophene rings is 1. The molecular weight excluding hydrogens is 485 g/mol. The number of hydrogen-bond acceptors (Lipinski definition) is 5. The molecule has 178 valence electrons. The van der Waals surface area contributed by atoms with Crippen molar-refractivity contribution in [2.45, 2.75) is 64.8 Å². The molecule has 2 N–H and O–H groups in total. The number of urea groups is 1. The number of anilines is 2. The topological polar surface area (TPSA) is 87.7 Å². The zero-order valence-corrected chi connectivity index (χ0v) is 21.1. The zero-order valence-electron chi connectivity index (χ0n) is 18.7. The number of hydrogen-bond donors (Lipinski definition) is 2. The van der Waals surface area contributed by atoms with Gasteiger partial charge in [0.1, 0.15) is 5.00 Å². The van der Waals surface area contributed by atoms with Gasteiger partial charge in [0.2, 0.25) is 0 Å². The molecule has 3 rings (SSSR count). The van der Waals surface area contributed by atoms with Crippen LogP contribution in [0.4, 0.5) is 15.5 Å². The van der Waals surface area contributed by atoms with Gasteiger partial charge in [0.15, 0.2) is 0 Å². The second kappa shape index (κ2) is 11.2. The number of carbonyl (C=O) groups excluding carboxylic acids is 3. The molecule has 1 aromatic carbocycles. The maximum Gasteiger partial charge on any atom is 0.329 e. The fourth-order valence-corrected chi connectivity index (χ4v) is 5.21. The number of rotatable bonds is 5. The average molecular weight is 512 g/mol. The Kier molecular flexibility index (Phi) is 8.62. The van der Waals surface area contributed by atoms with Crippen LogP contribution in [0.5, 0.6) is 0 Å². The van der Waals surface area contributed by atoms with E-state index in [4.69, 9.17) is 28.0 Å². The molecule has 1 aliphatic rings. The summed E-state index contributed by atoms with van der Waals surface area (Å²) in [7, 11) is 0. The highest BCUT2D eigenvalue weighted by molar-refractivity contribution is 7.16. The minimum atomic E-state index is -0.590. The van der Waals surface area contributed by atoms with E-state index in [-0.39, 0.29) is 23.2 Å². The molecule has 1 saturated carbocycles. The molecule has 1 fully saturated rings. The van der Waals surface area contributed by atoms with Crippen LogP contribution < -0.4 is 10.6 Å². The summed E-state index contributed by atoms with van der Waals surface area (Å²) in [5.74, 6) is -0.879. The summed E-state index contributed by atoms with van der Waals surface area (Å²) >= 11 is 13.6. The fourth-order valence-electron chi connectivity index (χ4n) is 3.67. The van der Waals surface area contributed by atoms with Crippen LogP contribution in [-0.2, 0) is 9.63 Å². The number of hydroxylamine groups is 2. The molecule has 10 heteroatoms. The number of amides is 3. The molecule has 3 amide bonds. The van der Waals surface area contributed by atoms with Crippen molar-refractivity contribution >= 4 is 63.1 Å². The number of benzene rings is 1. The lowest BCUT2D eigenvalue weighted by Gasteiger charge is -2.32. The Balaban J connectivity index is 1.88. The Morgan fingerprint density at radius 3 is 2.30 bits per heavy atom. The van der Waals surface area contributed by atoms with E-state index >= 15 is 0 Å². The molecule has 0 atom stereocenters. The smallest absolute Gasteiger partial charge is 0.329 e. The summed E-state index contributed by atoms with van der Waals surface area (Å²) in [6.07, 6.45) is 4.53. The van der Waals surface area contributed by atoms with Gasteiger partial charge in [-0.2, -0.15) is 5.06 Å². The highest BCUT2D eigenvalue weighted by atomic mass is 35.5. The first-order valence-corrected chi connectivity index (χ1v) is 12.4. The molecule has 2 aromatic rings. The van der Waals surface area contributed by atoms with E-state index in [2.05, 4.69) is 10.6 Å². The molecule has 0 spiro atoms. The molecule has 33 heavy (non-hydrogen) atoms. The van der Waals surface area contributed by atoms with E-state index in [0.29, 0.717) is 15.0 Å².